The van der Waals surface area contributed by atoms with Crippen LogP contribution in [-0.2, 0) is 22.6 Å². The van der Waals surface area contributed by atoms with Gasteiger partial charge in [0.05, 0.1) is 12.2 Å². The SMILES string of the molecule is Cc1ccc(NC(=O)CN2CCc3nc(NC(=O)C4CCC4)sc3C2)cc1. The number of hydrogen-bond acceptors (Lipinski definition) is 5. The highest BCUT2D eigenvalue weighted by atomic mass is 32.1. The average Bonchev–Trinajstić information content (AvgIpc) is 2.96. The van der Waals surface area contributed by atoms with Crippen LogP contribution in [0.5, 0.6) is 0 Å². The molecule has 0 unspecified atom stereocenters. The van der Waals surface area contributed by atoms with Gasteiger partial charge in [-0.15, -0.1) is 11.3 Å². The predicted octanol–water partition coefficient (Wildman–Crippen LogP) is 3.19. The third-order valence-corrected chi connectivity index (χ3v) is 6.22. The molecule has 1 aliphatic carbocycles. The van der Waals surface area contributed by atoms with Crippen molar-refractivity contribution in [1.82, 2.24) is 9.88 Å². The standard InChI is InChI=1S/C20H24N4O2S/c1-13-5-7-15(8-6-13)21-18(25)12-24-10-9-16-17(11-24)27-20(22-16)23-19(26)14-3-2-4-14/h5-8,14H,2-4,9-12H2,1H3,(H,21,25)(H,22,23,26). The molecule has 1 aromatic carbocycles. The minimum absolute atomic E-state index is 0.00896. The molecule has 2 aromatic rings. The second kappa shape index (κ2) is 7.78. The largest absolute Gasteiger partial charge is 0.325 e. The summed E-state index contributed by atoms with van der Waals surface area (Å²) in [6.07, 6.45) is 3.93. The molecule has 27 heavy (non-hydrogen) atoms. The lowest BCUT2D eigenvalue weighted by Gasteiger charge is -2.25. The fourth-order valence-electron chi connectivity index (χ4n) is 3.36. The third kappa shape index (κ3) is 4.36. The second-order valence-electron chi connectivity index (χ2n) is 7.38. The maximum absolute atomic E-state index is 12.3. The molecule has 0 radical (unpaired) electrons. The van der Waals surface area contributed by atoms with Crippen molar-refractivity contribution in [3.63, 3.8) is 0 Å². The summed E-state index contributed by atoms with van der Waals surface area (Å²) in [5, 5.41) is 6.61. The molecule has 2 N–H and O–H groups in total. The Kier molecular flexibility index (Phi) is 5.22. The summed E-state index contributed by atoms with van der Waals surface area (Å²) in [5.74, 6) is 0.250. The number of fused-ring (bicyclic) bond motifs is 1. The Labute approximate surface area is 163 Å². The smallest absolute Gasteiger partial charge is 0.238 e. The Bertz CT molecular complexity index is 842. The number of nitrogens with zero attached hydrogens (tertiary/aromatic N) is 2. The van der Waals surface area contributed by atoms with Crippen molar-refractivity contribution in [2.45, 2.75) is 39.2 Å². The lowest BCUT2D eigenvalue weighted by atomic mass is 9.85. The number of thiazole rings is 1. The maximum Gasteiger partial charge on any atom is 0.238 e. The summed E-state index contributed by atoms with van der Waals surface area (Å²) < 4.78 is 0. The molecule has 1 aromatic heterocycles. The summed E-state index contributed by atoms with van der Waals surface area (Å²) in [6, 6.07) is 7.81. The number of amides is 2. The number of carbonyl (C=O) groups is 2. The number of aryl methyl sites for hydroxylation is 1. The number of hydrogen-bond donors (Lipinski definition) is 2. The molecule has 2 aliphatic rings. The average molecular weight is 385 g/mol. The molecule has 4 rings (SSSR count). The number of carbonyl (C=O) groups excluding carboxylic acids is 2. The zero-order chi connectivity index (χ0) is 18.8. The van der Waals surface area contributed by atoms with Crippen LogP contribution in [-0.4, -0.2) is 34.8 Å². The fourth-order valence-corrected chi connectivity index (χ4v) is 4.41. The van der Waals surface area contributed by atoms with Crippen molar-refractivity contribution in [2.75, 3.05) is 23.7 Å². The first kappa shape index (κ1) is 18.1. The maximum atomic E-state index is 12.3. The number of aromatic nitrogens is 1. The lowest BCUT2D eigenvalue weighted by molar-refractivity contribution is -0.122. The van der Waals surface area contributed by atoms with E-state index in [1.165, 1.54) is 16.9 Å². The van der Waals surface area contributed by atoms with Crippen LogP contribution in [0.15, 0.2) is 24.3 Å². The summed E-state index contributed by atoms with van der Waals surface area (Å²) in [4.78, 5) is 32.3. The quantitative estimate of drug-likeness (QED) is 0.830. The van der Waals surface area contributed by atoms with E-state index in [0.717, 1.165) is 48.5 Å². The van der Waals surface area contributed by atoms with E-state index in [1.807, 2.05) is 31.2 Å². The van der Waals surface area contributed by atoms with Crippen molar-refractivity contribution in [2.24, 2.45) is 5.92 Å². The normalized spacial score (nSPS) is 17.1. The van der Waals surface area contributed by atoms with Crippen molar-refractivity contribution >= 4 is 34.0 Å². The van der Waals surface area contributed by atoms with E-state index >= 15 is 0 Å². The number of benzene rings is 1. The molecule has 0 bridgehead atoms. The van der Waals surface area contributed by atoms with Crippen LogP contribution in [0.1, 0.15) is 35.4 Å². The van der Waals surface area contributed by atoms with Gasteiger partial charge in [0.2, 0.25) is 11.8 Å². The monoisotopic (exact) mass is 384 g/mol. The van der Waals surface area contributed by atoms with Gasteiger partial charge in [0, 0.05) is 36.0 Å². The molecule has 2 heterocycles. The van der Waals surface area contributed by atoms with Gasteiger partial charge in [0.1, 0.15) is 0 Å². The van der Waals surface area contributed by atoms with E-state index in [4.69, 9.17) is 0 Å². The molecule has 1 fully saturated rings. The summed E-state index contributed by atoms with van der Waals surface area (Å²) in [5.41, 5.74) is 3.04. The van der Waals surface area contributed by atoms with E-state index in [9.17, 15) is 9.59 Å². The molecule has 0 saturated heterocycles. The van der Waals surface area contributed by atoms with Gasteiger partial charge >= 0.3 is 0 Å². The third-order valence-electron chi connectivity index (χ3n) is 5.22. The van der Waals surface area contributed by atoms with Gasteiger partial charge in [-0.25, -0.2) is 4.98 Å². The Morgan fingerprint density at radius 1 is 1.22 bits per heavy atom. The molecule has 0 spiro atoms. The summed E-state index contributed by atoms with van der Waals surface area (Å²) in [6.45, 7) is 3.88. The molecule has 0 atom stereocenters. The fraction of sp³-hybridized carbons (Fsp3) is 0.450. The Hall–Kier alpha value is -2.25. The van der Waals surface area contributed by atoms with Crippen molar-refractivity contribution in [3.8, 4) is 0 Å². The molecular formula is C20H24N4O2S. The molecule has 2 amide bonds. The minimum Gasteiger partial charge on any atom is -0.325 e. The van der Waals surface area contributed by atoms with Gasteiger partial charge < -0.3 is 10.6 Å². The van der Waals surface area contributed by atoms with Gasteiger partial charge in [0.15, 0.2) is 5.13 Å². The molecular weight excluding hydrogens is 360 g/mol. The van der Waals surface area contributed by atoms with Crippen molar-refractivity contribution in [3.05, 3.63) is 40.4 Å². The highest BCUT2D eigenvalue weighted by molar-refractivity contribution is 7.15. The molecule has 7 heteroatoms. The second-order valence-corrected chi connectivity index (χ2v) is 8.46. The summed E-state index contributed by atoms with van der Waals surface area (Å²) >= 11 is 1.54. The van der Waals surface area contributed by atoms with Crippen LogP contribution in [0.2, 0.25) is 0 Å². The predicted molar refractivity (Wildman–Crippen MR) is 107 cm³/mol. The van der Waals surface area contributed by atoms with Crippen LogP contribution in [0.25, 0.3) is 0 Å². The van der Waals surface area contributed by atoms with Crippen LogP contribution >= 0.6 is 11.3 Å². The van der Waals surface area contributed by atoms with E-state index in [-0.39, 0.29) is 17.7 Å². The molecule has 6 nitrogen and oxygen atoms in total. The molecule has 1 saturated carbocycles. The van der Waals surface area contributed by atoms with E-state index < -0.39 is 0 Å². The highest BCUT2D eigenvalue weighted by Crippen LogP contribution is 2.31. The number of nitrogens with one attached hydrogen (secondary N) is 2. The number of anilines is 2. The van der Waals surface area contributed by atoms with Gasteiger partial charge in [-0.3, -0.25) is 14.5 Å². The van der Waals surface area contributed by atoms with Gasteiger partial charge in [0.25, 0.3) is 0 Å². The molecule has 1 aliphatic heterocycles. The van der Waals surface area contributed by atoms with E-state index in [0.29, 0.717) is 18.2 Å². The minimum atomic E-state index is -0.00896. The zero-order valence-electron chi connectivity index (χ0n) is 15.5. The summed E-state index contributed by atoms with van der Waals surface area (Å²) in [7, 11) is 0. The van der Waals surface area contributed by atoms with Crippen molar-refractivity contribution < 1.29 is 9.59 Å². The highest BCUT2D eigenvalue weighted by Gasteiger charge is 2.27. The Morgan fingerprint density at radius 3 is 2.70 bits per heavy atom. The topological polar surface area (TPSA) is 74.3 Å². The van der Waals surface area contributed by atoms with Crippen LogP contribution in [0.3, 0.4) is 0 Å². The first-order chi connectivity index (χ1) is 13.1. The Balaban J connectivity index is 1.31. The zero-order valence-corrected chi connectivity index (χ0v) is 16.3. The lowest BCUT2D eigenvalue weighted by Crippen LogP contribution is -2.36. The molecule has 142 valence electrons. The van der Waals surface area contributed by atoms with E-state index in [2.05, 4.69) is 20.5 Å². The van der Waals surface area contributed by atoms with Gasteiger partial charge in [-0.05, 0) is 31.9 Å². The van der Waals surface area contributed by atoms with Crippen LogP contribution in [0, 0.1) is 12.8 Å². The first-order valence-electron chi connectivity index (χ1n) is 9.45. The van der Waals surface area contributed by atoms with Crippen LogP contribution in [0.4, 0.5) is 10.8 Å². The van der Waals surface area contributed by atoms with Gasteiger partial charge in [-0.1, -0.05) is 24.1 Å². The first-order valence-corrected chi connectivity index (χ1v) is 10.3. The number of rotatable bonds is 5. The van der Waals surface area contributed by atoms with Crippen LogP contribution < -0.4 is 10.6 Å². The van der Waals surface area contributed by atoms with E-state index in [1.54, 1.807) is 0 Å². The Morgan fingerprint density at radius 2 is 2.00 bits per heavy atom. The van der Waals surface area contributed by atoms with Gasteiger partial charge in [-0.2, -0.15) is 0 Å². The van der Waals surface area contributed by atoms with Crippen molar-refractivity contribution in [1.29, 1.82) is 0 Å².